The minimum Gasteiger partial charge on any atom is -0.477 e. The molecule has 2 aromatic heterocycles. The number of oxime groups is 2. The summed E-state index contributed by atoms with van der Waals surface area (Å²) in [6.07, 6.45) is 5.30. The van der Waals surface area contributed by atoms with Gasteiger partial charge in [0.15, 0.2) is 16.6 Å². The smallest absolute Gasteiger partial charge is 0.355 e. The van der Waals surface area contributed by atoms with Gasteiger partial charge in [0, 0.05) is 16.9 Å². The maximum atomic E-state index is 13.4. The third kappa shape index (κ3) is 7.02. The zero-order valence-electron chi connectivity index (χ0n) is 23.6. The van der Waals surface area contributed by atoms with Gasteiger partial charge in [0.25, 0.3) is 11.8 Å². The van der Waals surface area contributed by atoms with Gasteiger partial charge >= 0.3 is 11.9 Å². The number of nitrogens with one attached hydrogen (secondary N) is 2. The van der Waals surface area contributed by atoms with Crippen LogP contribution in [0.3, 0.4) is 0 Å². The number of fused-ring (bicyclic) bond motifs is 1. The normalized spacial score (nSPS) is 21.0. The molecule has 1 aliphatic carbocycles. The Morgan fingerprint density at radius 2 is 2.11 bits per heavy atom. The lowest BCUT2D eigenvalue weighted by Crippen LogP contribution is -2.71. The fourth-order valence-electron chi connectivity index (χ4n) is 4.46. The van der Waals surface area contributed by atoms with Gasteiger partial charge < -0.3 is 30.5 Å². The summed E-state index contributed by atoms with van der Waals surface area (Å²) in [7, 11) is 1.19. The Kier molecular flexibility index (Phi) is 10.3. The minimum absolute atomic E-state index is 0.0666. The standard InChI is InChI=1S/C24H24N10O9S3/c1-42-29-13(21(38)39)6-33-24(28-31-32-33)46-8-11-7-44-20-16(19(37)34(20)17(11)22(40)41)27-18(36)15(30-43-12-4-2-3-5-12)14-9-45-23(26-14)25-10-35/h2,4,9-10,12,16,20H,3,5-8H2,1H3,(H,27,36)(H,38,39)(H,40,41)(H,25,26,35)/t12?,16?,20-/m0/s1. The molecule has 22 heteroatoms. The first kappa shape index (κ1) is 32.6. The second-order valence-electron chi connectivity index (χ2n) is 9.44. The molecule has 3 atom stereocenters. The lowest BCUT2D eigenvalue weighted by atomic mass is 10.0. The van der Waals surface area contributed by atoms with Crippen molar-refractivity contribution in [2.24, 2.45) is 10.3 Å². The monoisotopic (exact) mass is 692 g/mol. The number of thioether (sulfide) groups is 2. The van der Waals surface area contributed by atoms with Crippen LogP contribution in [0.25, 0.3) is 0 Å². The molecule has 19 nitrogen and oxygen atoms in total. The molecule has 0 bridgehead atoms. The summed E-state index contributed by atoms with van der Waals surface area (Å²) in [5.41, 5.74) is -0.292. The number of rotatable bonds is 15. The van der Waals surface area contributed by atoms with Gasteiger partial charge in [0.1, 0.15) is 36.0 Å². The van der Waals surface area contributed by atoms with Crippen molar-refractivity contribution in [3.05, 3.63) is 34.5 Å². The van der Waals surface area contributed by atoms with E-state index in [0.717, 1.165) is 34.4 Å². The number of nitrogens with zero attached hydrogens (tertiary/aromatic N) is 8. The van der Waals surface area contributed by atoms with Crippen LogP contribution in [-0.2, 0) is 40.2 Å². The van der Waals surface area contributed by atoms with Crippen molar-refractivity contribution in [2.45, 2.75) is 42.1 Å². The summed E-state index contributed by atoms with van der Waals surface area (Å²) in [6, 6.07) is -1.06. The van der Waals surface area contributed by atoms with Gasteiger partial charge in [-0.25, -0.2) is 19.3 Å². The molecule has 0 saturated carbocycles. The highest BCUT2D eigenvalue weighted by atomic mass is 32.2. The van der Waals surface area contributed by atoms with E-state index < -0.39 is 35.2 Å². The SMILES string of the molecule is CON=C(Cn1nnnc1SCC1=C(C(=O)O)N2C(=O)C(NC(=O)C(=NOC3C=CCC3)c3csc(NC=O)n3)[C@@H]2SC1)C(=O)O. The molecule has 242 valence electrons. The van der Waals surface area contributed by atoms with Crippen LogP contribution in [0.1, 0.15) is 18.5 Å². The van der Waals surface area contributed by atoms with E-state index in [0.29, 0.717) is 18.4 Å². The number of β-lactam (4-membered cyclic amide) rings is 1. The minimum atomic E-state index is -1.34. The van der Waals surface area contributed by atoms with Gasteiger partial charge in [0.2, 0.25) is 11.6 Å². The van der Waals surface area contributed by atoms with Crippen LogP contribution in [0.5, 0.6) is 0 Å². The Balaban J connectivity index is 1.29. The number of carbonyl (C=O) groups is 5. The van der Waals surface area contributed by atoms with E-state index in [9.17, 15) is 34.2 Å². The van der Waals surface area contributed by atoms with Gasteiger partial charge in [-0.3, -0.25) is 19.3 Å². The number of aromatic nitrogens is 5. The second kappa shape index (κ2) is 14.5. The second-order valence-corrected chi connectivity index (χ2v) is 12.3. The van der Waals surface area contributed by atoms with Crippen LogP contribution < -0.4 is 10.6 Å². The van der Waals surface area contributed by atoms with Crippen molar-refractivity contribution in [3.63, 3.8) is 0 Å². The highest BCUT2D eigenvalue weighted by molar-refractivity contribution is 8.01. The first-order chi connectivity index (χ1) is 22.2. The third-order valence-corrected chi connectivity index (χ3v) is 9.71. The average Bonchev–Trinajstić information content (AvgIpc) is 3.82. The van der Waals surface area contributed by atoms with Gasteiger partial charge in [-0.2, -0.15) is 0 Å². The van der Waals surface area contributed by atoms with Crippen LogP contribution in [0.15, 0.2) is 44.3 Å². The third-order valence-electron chi connectivity index (χ3n) is 6.55. The van der Waals surface area contributed by atoms with Crippen molar-refractivity contribution in [2.75, 3.05) is 23.9 Å². The Bertz CT molecular complexity index is 1670. The van der Waals surface area contributed by atoms with Crippen molar-refractivity contribution >= 4 is 81.6 Å². The molecule has 5 rings (SSSR count). The Morgan fingerprint density at radius 3 is 2.80 bits per heavy atom. The Hall–Kier alpha value is -4.83. The maximum Gasteiger partial charge on any atom is 0.355 e. The number of hydrogen-bond acceptors (Lipinski definition) is 16. The molecule has 46 heavy (non-hydrogen) atoms. The van der Waals surface area contributed by atoms with Crippen LogP contribution >= 0.6 is 34.9 Å². The van der Waals surface area contributed by atoms with Crippen molar-refractivity contribution in [3.8, 4) is 0 Å². The summed E-state index contributed by atoms with van der Waals surface area (Å²) >= 11 is 3.36. The maximum absolute atomic E-state index is 13.4. The highest BCUT2D eigenvalue weighted by Crippen LogP contribution is 2.41. The predicted octanol–water partition coefficient (Wildman–Crippen LogP) is -0.245. The molecule has 0 radical (unpaired) electrons. The number of aliphatic carboxylic acids is 2. The van der Waals surface area contributed by atoms with Crippen molar-refractivity contribution < 1.29 is 43.9 Å². The number of carboxylic acid groups (broad SMARTS) is 2. The average molecular weight is 693 g/mol. The van der Waals surface area contributed by atoms with E-state index >= 15 is 0 Å². The van der Waals surface area contributed by atoms with E-state index in [1.807, 2.05) is 12.2 Å². The largest absolute Gasteiger partial charge is 0.477 e. The first-order valence-electron chi connectivity index (χ1n) is 13.2. The molecule has 0 aromatic carbocycles. The quantitative estimate of drug-likeness (QED) is 0.0469. The molecule has 3 aliphatic rings. The van der Waals surface area contributed by atoms with Gasteiger partial charge in [-0.05, 0) is 34.9 Å². The number of hydrogen-bond donors (Lipinski definition) is 4. The number of carbonyl (C=O) groups excluding carboxylic acids is 3. The van der Waals surface area contributed by atoms with E-state index in [1.165, 1.54) is 28.9 Å². The van der Waals surface area contributed by atoms with Gasteiger partial charge in [-0.1, -0.05) is 28.1 Å². The number of anilines is 1. The van der Waals surface area contributed by atoms with E-state index in [4.69, 9.17) is 4.84 Å². The number of thiazole rings is 1. The summed E-state index contributed by atoms with van der Waals surface area (Å²) in [6.45, 7) is -0.310. The Labute approximate surface area is 271 Å². The summed E-state index contributed by atoms with van der Waals surface area (Å²) < 4.78 is 1.17. The van der Waals surface area contributed by atoms with Crippen LogP contribution in [-0.4, -0.2) is 118 Å². The molecule has 2 aliphatic heterocycles. The van der Waals surface area contributed by atoms with E-state index in [1.54, 1.807) is 0 Å². The molecule has 2 aromatic rings. The number of allylic oxidation sites excluding steroid dienone is 1. The summed E-state index contributed by atoms with van der Waals surface area (Å²) in [5, 5.41) is 44.2. The number of carboxylic acids is 2. The predicted molar refractivity (Wildman–Crippen MR) is 162 cm³/mol. The molecule has 1 fully saturated rings. The molecule has 4 N–H and O–H groups in total. The summed E-state index contributed by atoms with van der Waals surface area (Å²) in [5.74, 6) is -3.81. The van der Waals surface area contributed by atoms with E-state index in [-0.39, 0.29) is 57.3 Å². The van der Waals surface area contributed by atoms with Crippen LogP contribution in [0.2, 0.25) is 0 Å². The van der Waals surface area contributed by atoms with Gasteiger partial charge in [0.05, 0.1) is 6.54 Å². The molecule has 3 amide bonds. The molecule has 0 spiro atoms. The van der Waals surface area contributed by atoms with Crippen molar-refractivity contribution in [1.82, 2.24) is 35.4 Å². The first-order valence-corrected chi connectivity index (χ1v) is 16.1. The molecule has 1 saturated heterocycles. The number of tetrazole rings is 1. The molecule has 2 unspecified atom stereocenters. The number of amides is 3. The topological polar surface area (TPSA) is 253 Å². The Morgan fingerprint density at radius 1 is 1.28 bits per heavy atom. The molecular formula is C24H24N10O9S3. The van der Waals surface area contributed by atoms with Crippen LogP contribution in [0.4, 0.5) is 5.13 Å². The fraction of sp³-hybridized carbons (Fsp3) is 0.375. The molecule has 4 heterocycles. The zero-order valence-corrected chi connectivity index (χ0v) is 26.1. The molecular weight excluding hydrogens is 669 g/mol. The van der Waals surface area contributed by atoms with Crippen LogP contribution in [0, 0.1) is 0 Å². The van der Waals surface area contributed by atoms with Crippen molar-refractivity contribution in [1.29, 1.82) is 0 Å². The highest BCUT2D eigenvalue weighted by Gasteiger charge is 2.54. The zero-order chi connectivity index (χ0) is 32.8. The fourth-order valence-corrected chi connectivity index (χ4v) is 7.48. The summed E-state index contributed by atoms with van der Waals surface area (Å²) in [4.78, 5) is 76.6. The lowest BCUT2D eigenvalue weighted by Gasteiger charge is -2.49. The lowest BCUT2D eigenvalue weighted by molar-refractivity contribution is -0.150. The van der Waals surface area contributed by atoms with Gasteiger partial charge in [-0.15, -0.1) is 28.2 Å². The van der Waals surface area contributed by atoms with E-state index in [2.05, 4.69) is 46.3 Å².